The Morgan fingerprint density at radius 1 is 1.19 bits per heavy atom. The van der Waals surface area contributed by atoms with Crippen LogP contribution in [-0.4, -0.2) is 38.3 Å². The molecule has 1 aliphatic heterocycles. The molecule has 140 valence electrons. The average Bonchev–Trinajstić information content (AvgIpc) is 3.17. The molecule has 0 unspecified atom stereocenters. The Morgan fingerprint density at radius 2 is 1.88 bits per heavy atom. The number of sulfonamides is 1. The Labute approximate surface area is 154 Å². The average molecular weight is 376 g/mol. The Kier molecular flexibility index (Phi) is 4.94. The number of carbonyl (C=O) groups is 1. The standard InChI is InChI=1S/C19H24N2O4S/c1-5-20(6-2)26(23,24)16-7-8-18-15(12-16)9-10-21(18)19(22)17-11-13(3)25-14(17)4/h7-8,11-12H,5-6,9-10H2,1-4H3. The van der Waals surface area contributed by atoms with Crippen LogP contribution in [0, 0.1) is 13.8 Å². The van der Waals surface area contributed by atoms with Crippen LogP contribution in [0.15, 0.2) is 33.6 Å². The lowest BCUT2D eigenvalue weighted by Gasteiger charge is -2.20. The normalized spacial score (nSPS) is 14.1. The molecule has 0 saturated heterocycles. The van der Waals surface area contributed by atoms with Crippen LogP contribution in [0.4, 0.5) is 5.69 Å². The van der Waals surface area contributed by atoms with E-state index in [0.717, 1.165) is 11.3 Å². The van der Waals surface area contributed by atoms with Crippen molar-refractivity contribution in [2.45, 2.75) is 39.0 Å². The van der Waals surface area contributed by atoms with Gasteiger partial charge in [-0.15, -0.1) is 0 Å². The van der Waals surface area contributed by atoms with E-state index in [-0.39, 0.29) is 10.8 Å². The van der Waals surface area contributed by atoms with Gasteiger partial charge in [0.05, 0.1) is 10.5 Å². The van der Waals surface area contributed by atoms with E-state index in [0.29, 0.717) is 43.1 Å². The minimum absolute atomic E-state index is 0.113. The number of anilines is 1. The van der Waals surface area contributed by atoms with E-state index >= 15 is 0 Å². The molecule has 2 heterocycles. The molecule has 3 rings (SSSR count). The molecule has 0 saturated carbocycles. The smallest absolute Gasteiger partial charge is 0.261 e. The monoisotopic (exact) mass is 376 g/mol. The van der Waals surface area contributed by atoms with Crippen LogP contribution in [0.2, 0.25) is 0 Å². The number of amides is 1. The number of hydrogen-bond acceptors (Lipinski definition) is 4. The molecule has 0 spiro atoms. The van der Waals surface area contributed by atoms with E-state index < -0.39 is 10.0 Å². The van der Waals surface area contributed by atoms with Gasteiger partial charge in [0.2, 0.25) is 10.0 Å². The first-order valence-electron chi connectivity index (χ1n) is 8.81. The zero-order valence-electron chi connectivity index (χ0n) is 15.6. The summed E-state index contributed by atoms with van der Waals surface area (Å²) in [6, 6.07) is 6.77. The summed E-state index contributed by atoms with van der Waals surface area (Å²) in [5.41, 5.74) is 2.20. The van der Waals surface area contributed by atoms with Crippen LogP contribution >= 0.6 is 0 Å². The van der Waals surface area contributed by atoms with Crippen molar-refractivity contribution >= 4 is 21.6 Å². The molecule has 0 bridgehead atoms. The highest BCUT2D eigenvalue weighted by atomic mass is 32.2. The molecule has 1 aliphatic rings. The van der Waals surface area contributed by atoms with Gasteiger partial charge in [-0.05, 0) is 50.1 Å². The highest BCUT2D eigenvalue weighted by molar-refractivity contribution is 7.89. The van der Waals surface area contributed by atoms with Gasteiger partial charge < -0.3 is 9.32 Å². The van der Waals surface area contributed by atoms with Crippen molar-refractivity contribution in [1.82, 2.24) is 4.31 Å². The maximum atomic E-state index is 12.9. The fourth-order valence-corrected chi connectivity index (χ4v) is 4.96. The molecule has 7 heteroatoms. The van der Waals surface area contributed by atoms with E-state index in [2.05, 4.69) is 0 Å². The molecule has 26 heavy (non-hydrogen) atoms. The van der Waals surface area contributed by atoms with E-state index in [1.807, 2.05) is 20.8 Å². The number of fused-ring (bicyclic) bond motifs is 1. The Morgan fingerprint density at radius 3 is 2.46 bits per heavy atom. The second-order valence-electron chi connectivity index (χ2n) is 6.41. The van der Waals surface area contributed by atoms with Crippen LogP contribution < -0.4 is 4.90 Å². The summed E-state index contributed by atoms with van der Waals surface area (Å²) in [7, 11) is -3.50. The molecule has 0 atom stereocenters. The predicted octanol–water partition coefficient (Wildman–Crippen LogP) is 3.13. The topological polar surface area (TPSA) is 70.8 Å². The summed E-state index contributed by atoms with van der Waals surface area (Å²) in [6.45, 7) is 8.63. The maximum absolute atomic E-state index is 12.9. The molecule has 0 radical (unpaired) electrons. The largest absolute Gasteiger partial charge is 0.466 e. The van der Waals surface area contributed by atoms with Gasteiger partial charge in [-0.25, -0.2) is 8.42 Å². The van der Waals surface area contributed by atoms with Gasteiger partial charge in [-0.3, -0.25) is 4.79 Å². The van der Waals surface area contributed by atoms with Crippen LogP contribution in [0.25, 0.3) is 0 Å². The molecule has 0 fully saturated rings. The number of rotatable bonds is 5. The third-order valence-electron chi connectivity index (χ3n) is 4.81. The van der Waals surface area contributed by atoms with Gasteiger partial charge in [0, 0.05) is 25.3 Å². The minimum atomic E-state index is -3.50. The summed E-state index contributed by atoms with van der Waals surface area (Å²) in [5, 5.41) is 0. The van der Waals surface area contributed by atoms with Crippen molar-refractivity contribution < 1.29 is 17.6 Å². The summed E-state index contributed by atoms with van der Waals surface area (Å²) >= 11 is 0. The second-order valence-corrected chi connectivity index (χ2v) is 8.35. The number of aryl methyl sites for hydroxylation is 2. The number of carbonyl (C=O) groups excluding carboxylic acids is 1. The Balaban J connectivity index is 1.94. The lowest BCUT2D eigenvalue weighted by Crippen LogP contribution is -2.30. The van der Waals surface area contributed by atoms with Crippen molar-refractivity contribution in [3.8, 4) is 0 Å². The number of hydrogen-bond donors (Lipinski definition) is 0. The molecule has 1 amide bonds. The quantitative estimate of drug-likeness (QED) is 0.804. The Hall–Kier alpha value is -2.12. The number of nitrogens with zero attached hydrogens (tertiary/aromatic N) is 2. The minimum Gasteiger partial charge on any atom is -0.466 e. The van der Waals surface area contributed by atoms with Crippen molar-refractivity contribution in [2.75, 3.05) is 24.5 Å². The molecule has 2 aromatic rings. The van der Waals surface area contributed by atoms with Crippen molar-refractivity contribution in [2.24, 2.45) is 0 Å². The van der Waals surface area contributed by atoms with Gasteiger partial charge in [-0.1, -0.05) is 13.8 Å². The lowest BCUT2D eigenvalue weighted by molar-refractivity contribution is 0.0988. The van der Waals surface area contributed by atoms with Gasteiger partial charge >= 0.3 is 0 Å². The Bertz CT molecular complexity index is 942. The third-order valence-corrected chi connectivity index (χ3v) is 6.85. The van der Waals surface area contributed by atoms with Crippen LogP contribution in [-0.2, 0) is 16.4 Å². The number of furan rings is 1. The van der Waals surface area contributed by atoms with E-state index in [9.17, 15) is 13.2 Å². The van der Waals surface area contributed by atoms with Crippen LogP contribution in [0.1, 0.15) is 41.3 Å². The molecule has 1 aromatic carbocycles. The van der Waals surface area contributed by atoms with Gasteiger partial charge in [-0.2, -0.15) is 4.31 Å². The fraction of sp³-hybridized carbons (Fsp3) is 0.421. The van der Waals surface area contributed by atoms with Crippen LogP contribution in [0.5, 0.6) is 0 Å². The molecule has 6 nitrogen and oxygen atoms in total. The van der Waals surface area contributed by atoms with Crippen molar-refractivity contribution in [3.63, 3.8) is 0 Å². The first kappa shape index (κ1) is 18.7. The lowest BCUT2D eigenvalue weighted by atomic mass is 10.1. The SMILES string of the molecule is CCN(CC)S(=O)(=O)c1ccc2c(c1)CCN2C(=O)c1cc(C)oc1C. The van der Waals surface area contributed by atoms with E-state index in [4.69, 9.17) is 4.42 Å². The van der Waals surface area contributed by atoms with E-state index in [1.54, 1.807) is 36.1 Å². The zero-order valence-corrected chi connectivity index (χ0v) is 16.4. The van der Waals surface area contributed by atoms with Gasteiger partial charge in [0.1, 0.15) is 11.5 Å². The van der Waals surface area contributed by atoms with E-state index in [1.165, 1.54) is 4.31 Å². The summed E-state index contributed by atoms with van der Waals surface area (Å²) in [5.74, 6) is 1.19. The molecular formula is C19H24N2O4S. The van der Waals surface area contributed by atoms with Gasteiger partial charge in [0.15, 0.2) is 0 Å². The summed E-state index contributed by atoms with van der Waals surface area (Å²) in [6.07, 6.45) is 0.637. The maximum Gasteiger partial charge on any atom is 0.261 e. The second kappa shape index (κ2) is 6.89. The van der Waals surface area contributed by atoms with Crippen molar-refractivity contribution in [3.05, 3.63) is 46.9 Å². The predicted molar refractivity (Wildman–Crippen MR) is 100 cm³/mol. The van der Waals surface area contributed by atoms with Crippen molar-refractivity contribution in [1.29, 1.82) is 0 Å². The van der Waals surface area contributed by atoms with Gasteiger partial charge in [0.25, 0.3) is 5.91 Å². The number of benzene rings is 1. The third kappa shape index (κ3) is 3.05. The molecule has 0 aliphatic carbocycles. The highest BCUT2D eigenvalue weighted by Gasteiger charge is 2.30. The molecule has 1 aromatic heterocycles. The fourth-order valence-electron chi connectivity index (χ4n) is 3.45. The highest BCUT2D eigenvalue weighted by Crippen LogP contribution is 2.33. The first-order valence-corrected chi connectivity index (χ1v) is 10.3. The summed E-state index contributed by atoms with van der Waals surface area (Å²) in [4.78, 5) is 14.8. The summed E-state index contributed by atoms with van der Waals surface area (Å²) < 4.78 is 32.3. The van der Waals surface area contributed by atoms with Crippen LogP contribution in [0.3, 0.4) is 0 Å². The zero-order chi connectivity index (χ0) is 19.1. The molecule has 0 N–H and O–H groups in total. The molecular weight excluding hydrogens is 352 g/mol. The first-order chi connectivity index (χ1) is 12.3.